The molecule has 0 atom stereocenters. The zero-order valence-electron chi connectivity index (χ0n) is 10.8. The molecule has 2 aromatic rings. The van der Waals surface area contributed by atoms with Crippen LogP contribution in [0.25, 0.3) is 0 Å². The topological polar surface area (TPSA) is 20.3 Å². The molecule has 4 heteroatoms. The first-order chi connectivity index (χ1) is 9.63. The highest BCUT2D eigenvalue weighted by Crippen LogP contribution is 2.30. The Morgan fingerprint density at radius 1 is 1.15 bits per heavy atom. The normalized spacial score (nSPS) is 14.3. The van der Waals surface area contributed by atoms with E-state index in [1.54, 1.807) is 11.0 Å². The maximum atomic E-state index is 13.3. The van der Waals surface area contributed by atoms with Crippen molar-refractivity contribution in [2.24, 2.45) is 0 Å². The molecule has 0 aliphatic carbocycles. The van der Waals surface area contributed by atoms with Crippen LogP contribution in [0.1, 0.15) is 17.5 Å². The predicted molar refractivity (Wildman–Crippen MR) is 85.1 cm³/mol. The van der Waals surface area contributed by atoms with Gasteiger partial charge < -0.3 is 4.90 Å². The summed E-state index contributed by atoms with van der Waals surface area (Å²) in [6, 6.07) is 12.5. The van der Waals surface area contributed by atoms with Gasteiger partial charge in [0.2, 0.25) is 5.91 Å². The maximum Gasteiger partial charge on any atom is 0.227 e. The van der Waals surface area contributed by atoms with E-state index >= 15 is 0 Å². The Hall–Kier alpha value is -1.43. The number of rotatable bonds is 2. The summed E-state index contributed by atoms with van der Waals surface area (Å²) in [7, 11) is 0. The summed E-state index contributed by atoms with van der Waals surface area (Å²) in [5.41, 5.74) is 2.95. The highest BCUT2D eigenvalue weighted by molar-refractivity contribution is 14.1. The number of carbonyl (C=O) groups is 1. The third-order valence-electron chi connectivity index (χ3n) is 3.47. The van der Waals surface area contributed by atoms with E-state index in [0.717, 1.165) is 17.7 Å². The second-order valence-electron chi connectivity index (χ2n) is 4.88. The number of amides is 1. The number of fused-ring (bicyclic) bond motifs is 1. The molecule has 20 heavy (non-hydrogen) atoms. The molecule has 0 radical (unpaired) electrons. The largest absolute Gasteiger partial charge is 0.308 e. The number of nitrogens with zero attached hydrogens (tertiary/aromatic N) is 1. The Morgan fingerprint density at radius 2 is 2.00 bits per heavy atom. The van der Waals surface area contributed by atoms with Crippen LogP contribution in [0.2, 0.25) is 0 Å². The molecule has 0 N–H and O–H groups in total. The van der Waals surface area contributed by atoms with Crippen molar-refractivity contribution >= 4 is 34.2 Å². The lowest BCUT2D eigenvalue weighted by Gasteiger charge is -2.29. The van der Waals surface area contributed by atoms with E-state index in [1.165, 1.54) is 21.3 Å². The highest BCUT2D eigenvalue weighted by Gasteiger charge is 2.24. The number of hydrogen-bond acceptors (Lipinski definition) is 1. The smallest absolute Gasteiger partial charge is 0.227 e. The first-order valence-electron chi connectivity index (χ1n) is 6.47. The number of halogens is 2. The third-order valence-corrected chi connectivity index (χ3v) is 4.14. The van der Waals surface area contributed by atoms with E-state index in [-0.39, 0.29) is 11.7 Å². The van der Waals surface area contributed by atoms with Gasteiger partial charge >= 0.3 is 0 Å². The van der Waals surface area contributed by atoms with Crippen molar-refractivity contribution in [1.29, 1.82) is 0 Å². The van der Waals surface area contributed by atoms with Crippen molar-refractivity contribution in [2.45, 2.75) is 19.4 Å². The van der Waals surface area contributed by atoms with Crippen LogP contribution in [0, 0.1) is 9.39 Å². The van der Waals surface area contributed by atoms with Gasteiger partial charge in [0.15, 0.2) is 0 Å². The van der Waals surface area contributed by atoms with Gasteiger partial charge in [-0.05, 0) is 70.5 Å². The first kappa shape index (κ1) is 13.5. The van der Waals surface area contributed by atoms with Crippen LogP contribution < -0.4 is 4.90 Å². The summed E-state index contributed by atoms with van der Waals surface area (Å²) in [6.45, 7) is 0.421. The molecule has 0 bridgehead atoms. The fourth-order valence-corrected chi connectivity index (χ4v) is 3.08. The van der Waals surface area contributed by atoms with Gasteiger partial charge in [0.05, 0.1) is 6.54 Å². The monoisotopic (exact) mass is 381 g/mol. The van der Waals surface area contributed by atoms with Gasteiger partial charge in [0.1, 0.15) is 5.82 Å². The lowest BCUT2D eigenvalue weighted by molar-refractivity contribution is -0.119. The molecule has 2 aromatic carbocycles. The number of carbonyl (C=O) groups excluding carboxylic acids is 1. The van der Waals surface area contributed by atoms with Crippen molar-refractivity contribution in [3.8, 4) is 0 Å². The molecular formula is C16H13FINO. The van der Waals surface area contributed by atoms with Crippen molar-refractivity contribution in [3.05, 3.63) is 63.0 Å². The zero-order chi connectivity index (χ0) is 14.1. The Balaban J connectivity index is 1.95. The van der Waals surface area contributed by atoms with Crippen LogP contribution in [-0.4, -0.2) is 5.91 Å². The van der Waals surface area contributed by atoms with Gasteiger partial charge in [-0.1, -0.05) is 12.1 Å². The average Bonchev–Trinajstić information content (AvgIpc) is 2.42. The molecule has 0 spiro atoms. The Labute approximate surface area is 130 Å². The SMILES string of the molecule is O=C1CCc2cc(I)ccc2N1Cc1cccc(F)c1. The van der Waals surface area contributed by atoms with E-state index in [1.807, 2.05) is 18.2 Å². The predicted octanol–water partition coefficient (Wildman–Crippen LogP) is 3.91. The molecule has 0 aromatic heterocycles. The molecule has 102 valence electrons. The lowest BCUT2D eigenvalue weighted by atomic mass is 10.0. The van der Waals surface area contributed by atoms with Crippen molar-refractivity contribution in [3.63, 3.8) is 0 Å². The minimum atomic E-state index is -0.269. The Morgan fingerprint density at radius 3 is 2.80 bits per heavy atom. The van der Waals surface area contributed by atoms with E-state index < -0.39 is 0 Å². The average molecular weight is 381 g/mol. The van der Waals surface area contributed by atoms with Crippen LogP contribution in [0.3, 0.4) is 0 Å². The van der Waals surface area contributed by atoms with Crippen molar-refractivity contribution in [2.75, 3.05) is 4.90 Å². The summed E-state index contributed by atoms with van der Waals surface area (Å²) in [4.78, 5) is 13.9. The van der Waals surface area contributed by atoms with Gasteiger partial charge in [0, 0.05) is 15.7 Å². The molecule has 1 amide bonds. The van der Waals surface area contributed by atoms with E-state index in [9.17, 15) is 9.18 Å². The van der Waals surface area contributed by atoms with Crippen molar-refractivity contribution < 1.29 is 9.18 Å². The molecule has 1 heterocycles. The molecular weight excluding hydrogens is 368 g/mol. The summed E-state index contributed by atoms with van der Waals surface area (Å²) in [5, 5.41) is 0. The zero-order valence-corrected chi connectivity index (χ0v) is 12.9. The van der Waals surface area contributed by atoms with Gasteiger partial charge in [-0.15, -0.1) is 0 Å². The Kier molecular flexibility index (Phi) is 3.74. The summed E-state index contributed by atoms with van der Waals surface area (Å²) < 4.78 is 14.4. The van der Waals surface area contributed by atoms with Gasteiger partial charge in [-0.2, -0.15) is 0 Å². The van der Waals surface area contributed by atoms with Crippen molar-refractivity contribution in [1.82, 2.24) is 0 Å². The van der Waals surface area contributed by atoms with Gasteiger partial charge in [0.25, 0.3) is 0 Å². The molecule has 3 rings (SSSR count). The summed E-state index contributed by atoms with van der Waals surface area (Å²) in [5.74, 6) is -0.169. The number of anilines is 1. The standard InChI is InChI=1S/C16H13FINO/c17-13-3-1-2-11(8-13)10-19-15-6-5-14(18)9-12(15)4-7-16(19)20/h1-3,5-6,8-9H,4,7,10H2. The quantitative estimate of drug-likeness (QED) is 0.723. The summed E-state index contributed by atoms with van der Waals surface area (Å²) in [6.07, 6.45) is 1.30. The fraction of sp³-hybridized carbons (Fsp3) is 0.188. The molecule has 0 saturated carbocycles. The third kappa shape index (κ3) is 2.70. The fourth-order valence-electron chi connectivity index (χ4n) is 2.52. The number of benzene rings is 2. The summed E-state index contributed by atoms with van der Waals surface area (Å²) >= 11 is 2.27. The second-order valence-corrected chi connectivity index (χ2v) is 6.13. The number of aryl methyl sites for hydroxylation is 1. The van der Waals surface area contributed by atoms with E-state index in [4.69, 9.17) is 0 Å². The molecule has 0 fully saturated rings. The first-order valence-corrected chi connectivity index (χ1v) is 7.54. The number of hydrogen-bond donors (Lipinski definition) is 0. The van der Waals surface area contributed by atoms with Gasteiger partial charge in [-0.25, -0.2) is 4.39 Å². The molecule has 2 nitrogen and oxygen atoms in total. The molecule has 0 unspecified atom stereocenters. The highest BCUT2D eigenvalue weighted by atomic mass is 127. The minimum absolute atomic E-state index is 0.1000. The van der Waals surface area contributed by atoms with Crippen LogP contribution in [0.15, 0.2) is 42.5 Å². The van der Waals surface area contributed by atoms with Crippen LogP contribution in [-0.2, 0) is 17.8 Å². The van der Waals surface area contributed by atoms with Crippen LogP contribution in [0.5, 0.6) is 0 Å². The van der Waals surface area contributed by atoms with Crippen LogP contribution in [0.4, 0.5) is 10.1 Å². The molecule has 0 saturated heterocycles. The Bertz CT molecular complexity index is 671. The van der Waals surface area contributed by atoms with Gasteiger partial charge in [-0.3, -0.25) is 4.79 Å². The maximum absolute atomic E-state index is 13.3. The minimum Gasteiger partial charge on any atom is -0.308 e. The second kappa shape index (κ2) is 5.52. The van der Waals surface area contributed by atoms with E-state index in [2.05, 4.69) is 28.7 Å². The lowest BCUT2D eigenvalue weighted by Crippen LogP contribution is -2.34. The van der Waals surface area contributed by atoms with E-state index in [0.29, 0.717) is 13.0 Å². The molecule has 1 aliphatic heterocycles. The van der Waals surface area contributed by atoms with Crippen LogP contribution >= 0.6 is 22.6 Å². The molecule has 1 aliphatic rings.